The highest BCUT2D eigenvalue weighted by Gasteiger charge is 2.30. The molecule has 0 radical (unpaired) electrons. The van der Waals surface area contributed by atoms with Gasteiger partial charge in [0.1, 0.15) is 11.0 Å². The predicted molar refractivity (Wildman–Crippen MR) is 70.8 cm³/mol. The summed E-state index contributed by atoms with van der Waals surface area (Å²) in [4.78, 5) is 8.34. The lowest BCUT2D eigenvalue weighted by Gasteiger charge is -2.09. The van der Waals surface area contributed by atoms with Crippen molar-refractivity contribution >= 4 is 11.6 Å². The summed E-state index contributed by atoms with van der Waals surface area (Å²) in [5, 5.41) is 0.333. The van der Waals surface area contributed by atoms with Crippen LogP contribution in [0.1, 0.15) is 28.2 Å². The van der Waals surface area contributed by atoms with E-state index in [-0.39, 0.29) is 6.42 Å². The van der Waals surface area contributed by atoms with Gasteiger partial charge in [0.25, 0.3) is 0 Å². The zero-order valence-corrected chi connectivity index (χ0v) is 11.7. The number of aromatic nitrogens is 2. The van der Waals surface area contributed by atoms with Crippen molar-refractivity contribution in [2.24, 2.45) is 0 Å². The number of aryl methyl sites for hydroxylation is 1. The molecule has 0 aliphatic rings. The molecule has 0 atom stereocenters. The van der Waals surface area contributed by atoms with Crippen molar-refractivity contribution in [2.45, 2.75) is 26.4 Å². The van der Waals surface area contributed by atoms with E-state index in [9.17, 15) is 13.2 Å². The number of alkyl halides is 3. The molecule has 1 aromatic carbocycles. The Kier molecular flexibility index (Phi) is 3.99. The van der Waals surface area contributed by atoms with Gasteiger partial charge in [-0.3, -0.25) is 0 Å². The molecule has 0 saturated carbocycles. The first-order chi connectivity index (χ1) is 9.27. The topological polar surface area (TPSA) is 25.8 Å². The van der Waals surface area contributed by atoms with Crippen molar-refractivity contribution in [1.82, 2.24) is 9.97 Å². The molecule has 2 aromatic rings. The summed E-state index contributed by atoms with van der Waals surface area (Å²) in [5.41, 5.74) is 1.33. The minimum atomic E-state index is -4.35. The molecule has 0 aliphatic heterocycles. The molecule has 0 unspecified atom stereocenters. The lowest BCUT2D eigenvalue weighted by molar-refractivity contribution is -0.137. The lowest BCUT2D eigenvalue weighted by Crippen LogP contribution is -2.06. The summed E-state index contributed by atoms with van der Waals surface area (Å²) in [6.45, 7) is 3.59. The summed E-state index contributed by atoms with van der Waals surface area (Å²) in [6.07, 6.45) is -4.14. The SMILES string of the molecule is Cc1nc(Cc2cccc(C(F)(F)F)c2)nc(Cl)c1C. The Bertz CT molecular complexity index is 616. The van der Waals surface area contributed by atoms with Crippen molar-refractivity contribution in [3.8, 4) is 0 Å². The maximum absolute atomic E-state index is 12.6. The summed E-state index contributed by atoms with van der Waals surface area (Å²) in [6, 6.07) is 5.13. The van der Waals surface area contributed by atoms with Crippen LogP contribution in [0.25, 0.3) is 0 Å². The Morgan fingerprint density at radius 3 is 2.45 bits per heavy atom. The molecule has 0 bridgehead atoms. The molecular formula is C14H12ClF3N2. The molecule has 0 amide bonds. The van der Waals surface area contributed by atoms with Crippen LogP contribution >= 0.6 is 11.6 Å². The minimum absolute atomic E-state index is 0.213. The van der Waals surface area contributed by atoms with Crippen LogP contribution in [-0.4, -0.2) is 9.97 Å². The molecule has 0 spiro atoms. The van der Waals surface area contributed by atoms with Crippen LogP contribution in [0.4, 0.5) is 13.2 Å². The number of hydrogen-bond donors (Lipinski definition) is 0. The van der Waals surface area contributed by atoms with Gasteiger partial charge in [-0.2, -0.15) is 13.2 Å². The van der Waals surface area contributed by atoms with Crippen molar-refractivity contribution in [1.29, 1.82) is 0 Å². The number of halogens is 4. The Labute approximate surface area is 119 Å². The fourth-order valence-corrected chi connectivity index (χ4v) is 2.00. The smallest absolute Gasteiger partial charge is 0.238 e. The Morgan fingerprint density at radius 1 is 1.15 bits per heavy atom. The van der Waals surface area contributed by atoms with Crippen molar-refractivity contribution < 1.29 is 13.2 Å². The monoisotopic (exact) mass is 300 g/mol. The van der Waals surface area contributed by atoms with E-state index < -0.39 is 11.7 Å². The maximum Gasteiger partial charge on any atom is 0.416 e. The molecule has 0 N–H and O–H groups in total. The molecular weight excluding hydrogens is 289 g/mol. The highest BCUT2D eigenvalue weighted by molar-refractivity contribution is 6.30. The van der Waals surface area contributed by atoms with Crippen LogP contribution in [0, 0.1) is 13.8 Å². The van der Waals surface area contributed by atoms with E-state index >= 15 is 0 Å². The Balaban J connectivity index is 2.31. The van der Waals surface area contributed by atoms with Gasteiger partial charge in [0.05, 0.1) is 5.56 Å². The number of benzene rings is 1. The third-order valence-electron chi connectivity index (χ3n) is 2.99. The van der Waals surface area contributed by atoms with Crippen molar-refractivity contribution in [2.75, 3.05) is 0 Å². The summed E-state index contributed by atoms with van der Waals surface area (Å²) in [7, 11) is 0. The summed E-state index contributed by atoms with van der Waals surface area (Å²) in [5.74, 6) is 0.414. The van der Waals surface area contributed by atoms with E-state index in [0.717, 1.165) is 23.4 Å². The van der Waals surface area contributed by atoms with Crippen molar-refractivity contribution in [3.05, 3.63) is 57.6 Å². The molecule has 6 heteroatoms. The average molecular weight is 301 g/mol. The maximum atomic E-state index is 12.6. The first-order valence-corrected chi connectivity index (χ1v) is 6.31. The zero-order valence-electron chi connectivity index (χ0n) is 10.9. The third kappa shape index (κ3) is 3.28. The van der Waals surface area contributed by atoms with Crippen LogP contribution in [0.15, 0.2) is 24.3 Å². The highest BCUT2D eigenvalue weighted by atomic mass is 35.5. The molecule has 2 rings (SSSR count). The second kappa shape index (κ2) is 5.40. The van der Waals surface area contributed by atoms with E-state index in [0.29, 0.717) is 16.5 Å². The zero-order chi connectivity index (χ0) is 14.9. The van der Waals surface area contributed by atoms with Gasteiger partial charge >= 0.3 is 6.18 Å². The minimum Gasteiger partial charge on any atom is -0.238 e. The molecule has 106 valence electrons. The van der Waals surface area contributed by atoms with Crippen LogP contribution in [0.2, 0.25) is 5.15 Å². The van der Waals surface area contributed by atoms with Crippen LogP contribution < -0.4 is 0 Å². The van der Waals surface area contributed by atoms with Gasteiger partial charge in [-0.1, -0.05) is 29.8 Å². The first-order valence-electron chi connectivity index (χ1n) is 5.93. The average Bonchev–Trinajstić information content (AvgIpc) is 2.35. The van der Waals surface area contributed by atoms with Gasteiger partial charge in [-0.25, -0.2) is 9.97 Å². The van der Waals surface area contributed by atoms with Crippen LogP contribution in [-0.2, 0) is 12.6 Å². The van der Waals surface area contributed by atoms with E-state index in [2.05, 4.69) is 9.97 Å². The predicted octanol–water partition coefficient (Wildman–Crippen LogP) is 4.36. The number of rotatable bonds is 2. The number of hydrogen-bond acceptors (Lipinski definition) is 2. The standard InChI is InChI=1S/C14H12ClF3N2/c1-8-9(2)19-12(20-13(8)15)7-10-4-3-5-11(6-10)14(16,17)18/h3-6H,7H2,1-2H3. The molecule has 0 saturated heterocycles. The molecule has 1 heterocycles. The molecule has 0 fully saturated rings. The molecule has 1 aromatic heterocycles. The normalized spacial score (nSPS) is 11.7. The fourth-order valence-electron chi connectivity index (χ4n) is 1.77. The third-order valence-corrected chi connectivity index (χ3v) is 3.36. The summed E-state index contributed by atoms with van der Waals surface area (Å²) < 4.78 is 37.9. The first kappa shape index (κ1) is 14.8. The van der Waals surface area contributed by atoms with Gasteiger partial charge in [-0.05, 0) is 25.5 Å². The van der Waals surface area contributed by atoms with E-state index in [1.807, 2.05) is 0 Å². The quantitative estimate of drug-likeness (QED) is 0.770. The second-order valence-electron chi connectivity index (χ2n) is 4.52. The van der Waals surface area contributed by atoms with Crippen LogP contribution in [0.3, 0.4) is 0 Å². The number of nitrogens with zero attached hydrogens (tertiary/aromatic N) is 2. The van der Waals surface area contributed by atoms with Gasteiger partial charge in [0.15, 0.2) is 0 Å². The van der Waals surface area contributed by atoms with Gasteiger partial charge in [0.2, 0.25) is 0 Å². The summed E-state index contributed by atoms with van der Waals surface area (Å²) >= 11 is 5.96. The van der Waals surface area contributed by atoms with Gasteiger partial charge < -0.3 is 0 Å². The highest BCUT2D eigenvalue weighted by Crippen LogP contribution is 2.30. The molecule has 0 aliphatic carbocycles. The molecule has 2 nitrogen and oxygen atoms in total. The Morgan fingerprint density at radius 2 is 1.85 bits per heavy atom. The van der Waals surface area contributed by atoms with Crippen LogP contribution in [0.5, 0.6) is 0 Å². The Hall–Kier alpha value is -1.62. The van der Waals surface area contributed by atoms with Crippen molar-refractivity contribution in [3.63, 3.8) is 0 Å². The van der Waals surface area contributed by atoms with Gasteiger partial charge in [-0.15, -0.1) is 0 Å². The van der Waals surface area contributed by atoms with Gasteiger partial charge in [0, 0.05) is 17.7 Å². The second-order valence-corrected chi connectivity index (χ2v) is 4.87. The largest absolute Gasteiger partial charge is 0.416 e. The fraction of sp³-hybridized carbons (Fsp3) is 0.286. The van der Waals surface area contributed by atoms with E-state index in [1.165, 1.54) is 6.07 Å². The molecule has 20 heavy (non-hydrogen) atoms. The van der Waals surface area contributed by atoms with E-state index in [1.54, 1.807) is 19.9 Å². The lowest BCUT2D eigenvalue weighted by atomic mass is 10.1. The van der Waals surface area contributed by atoms with E-state index in [4.69, 9.17) is 11.6 Å².